The predicted molar refractivity (Wildman–Crippen MR) is 89.1 cm³/mol. The van der Waals surface area contributed by atoms with Gasteiger partial charge in [-0.1, -0.05) is 11.3 Å². The average molecular weight is 323 g/mol. The summed E-state index contributed by atoms with van der Waals surface area (Å²) in [6.45, 7) is 2.00. The number of imidazole rings is 1. The van der Waals surface area contributed by atoms with Gasteiger partial charge in [-0.3, -0.25) is 9.67 Å². The molecule has 4 aromatic heterocycles. The van der Waals surface area contributed by atoms with Crippen LogP contribution in [0.3, 0.4) is 0 Å². The standard InChI is InChI=1S/C15H13N7S/c1-10-14(23-15(19-10)20-12-3-5-18-21-12)11-2-4-17-13(8-11)22-7-6-16-9-22/h2-9H,1H3,(H2,18,19,20,21). The Kier molecular flexibility index (Phi) is 3.35. The zero-order valence-corrected chi connectivity index (χ0v) is 13.1. The monoisotopic (exact) mass is 323 g/mol. The van der Waals surface area contributed by atoms with Crippen molar-refractivity contribution in [2.75, 3.05) is 5.32 Å². The molecule has 0 aliphatic rings. The van der Waals surface area contributed by atoms with Crippen LogP contribution in [-0.2, 0) is 0 Å². The predicted octanol–water partition coefficient (Wildman–Crippen LogP) is 3.17. The van der Waals surface area contributed by atoms with Gasteiger partial charge < -0.3 is 5.32 Å². The van der Waals surface area contributed by atoms with E-state index >= 15 is 0 Å². The number of rotatable bonds is 4. The maximum atomic E-state index is 4.57. The van der Waals surface area contributed by atoms with Crippen molar-refractivity contribution in [3.8, 4) is 16.3 Å². The number of hydrogen-bond acceptors (Lipinski definition) is 6. The van der Waals surface area contributed by atoms with E-state index in [0.29, 0.717) is 0 Å². The minimum atomic E-state index is 0.819. The minimum absolute atomic E-state index is 0.819. The van der Waals surface area contributed by atoms with E-state index in [9.17, 15) is 0 Å². The third-order valence-corrected chi connectivity index (χ3v) is 4.44. The van der Waals surface area contributed by atoms with Crippen LogP contribution in [0.1, 0.15) is 5.69 Å². The van der Waals surface area contributed by atoms with Gasteiger partial charge in [0, 0.05) is 24.7 Å². The molecular weight excluding hydrogens is 310 g/mol. The second kappa shape index (κ2) is 5.65. The summed E-state index contributed by atoms with van der Waals surface area (Å²) in [4.78, 5) is 14.1. The van der Waals surface area contributed by atoms with Gasteiger partial charge >= 0.3 is 0 Å². The van der Waals surface area contributed by atoms with Crippen molar-refractivity contribution in [2.45, 2.75) is 6.92 Å². The first-order valence-corrected chi connectivity index (χ1v) is 7.80. The fourth-order valence-electron chi connectivity index (χ4n) is 2.25. The summed E-state index contributed by atoms with van der Waals surface area (Å²) in [6.07, 6.45) is 8.84. The molecule has 23 heavy (non-hydrogen) atoms. The first kappa shape index (κ1) is 13.6. The molecule has 4 heterocycles. The van der Waals surface area contributed by atoms with Gasteiger partial charge in [0.2, 0.25) is 0 Å². The highest BCUT2D eigenvalue weighted by Gasteiger charge is 2.11. The van der Waals surface area contributed by atoms with Crippen molar-refractivity contribution >= 4 is 22.3 Å². The van der Waals surface area contributed by atoms with Gasteiger partial charge in [0.1, 0.15) is 18.0 Å². The molecule has 0 aromatic carbocycles. The third-order valence-electron chi connectivity index (χ3n) is 3.32. The van der Waals surface area contributed by atoms with Gasteiger partial charge in [0.05, 0.1) is 16.8 Å². The summed E-state index contributed by atoms with van der Waals surface area (Å²) in [5, 5.41) is 10.8. The largest absolute Gasteiger partial charge is 0.317 e. The quantitative estimate of drug-likeness (QED) is 0.602. The van der Waals surface area contributed by atoms with Crippen LogP contribution in [0.4, 0.5) is 10.9 Å². The van der Waals surface area contributed by atoms with Crippen molar-refractivity contribution in [1.82, 2.24) is 29.7 Å². The molecule has 0 amide bonds. The van der Waals surface area contributed by atoms with E-state index in [1.807, 2.05) is 35.9 Å². The van der Waals surface area contributed by atoms with Crippen LogP contribution in [0.2, 0.25) is 0 Å². The molecule has 4 aromatic rings. The second-order valence-electron chi connectivity index (χ2n) is 4.90. The van der Waals surface area contributed by atoms with Crippen LogP contribution in [0.15, 0.2) is 49.3 Å². The zero-order chi connectivity index (χ0) is 15.6. The number of aromatic nitrogens is 6. The highest BCUT2D eigenvalue weighted by atomic mass is 32.1. The average Bonchev–Trinajstić information content (AvgIpc) is 3.30. The Morgan fingerprint density at radius 1 is 1.22 bits per heavy atom. The molecule has 0 aliphatic carbocycles. The van der Waals surface area contributed by atoms with Crippen molar-refractivity contribution in [3.05, 3.63) is 55.0 Å². The third kappa shape index (κ3) is 2.71. The fourth-order valence-corrected chi connectivity index (χ4v) is 3.23. The number of aromatic amines is 1. The number of hydrogen-bond donors (Lipinski definition) is 2. The Labute approximate surface area is 136 Å². The lowest BCUT2D eigenvalue weighted by atomic mass is 10.2. The van der Waals surface area contributed by atoms with Gasteiger partial charge in [-0.15, -0.1) is 0 Å². The van der Waals surface area contributed by atoms with Gasteiger partial charge in [-0.05, 0) is 24.6 Å². The summed E-state index contributed by atoms with van der Waals surface area (Å²) < 4.78 is 1.88. The van der Waals surface area contributed by atoms with E-state index in [2.05, 4.69) is 30.5 Å². The smallest absolute Gasteiger partial charge is 0.189 e. The molecule has 0 radical (unpaired) electrons. The first-order chi connectivity index (χ1) is 11.3. The number of H-pyrrole nitrogens is 1. The summed E-state index contributed by atoms with van der Waals surface area (Å²) in [7, 11) is 0. The van der Waals surface area contributed by atoms with E-state index in [4.69, 9.17) is 0 Å². The van der Waals surface area contributed by atoms with E-state index in [1.165, 1.54) is 0 Å². The molecule has 0 atom stereocenters. The Bertz CT molecular complexity index is 909. The molecule has 0 saturated carbocycles. The molecule has 114 valence electrons. The van der Waals surface area contributed by atoms with E-state index in [0.717, 1.165) is 32.9 Å². The van der Waals surface area contributed by atoms with Crippen molar-refractivity contribution < 1.29 is 0 Å². The molecule has 0 unspecified atom stereocenters. The molecule has 7 nitrogen and oxygen atoms in total. The first-order valence-electron chi connectivity index (χ1n) is 6.98. The van der Waals surface area contributed by atoms with Crippen LogP contribution < -0.4 is 5.32 Å². The van der Waals surface area contributed by atoms with Crippen molar-refractivity contribution in [1.29, 1.82) is 0 Å². The van der Waals surface area contributed by atoms with E-state index in [-0.39, 0.29) is 0 Å². The van der Waals surface area contributed by atoms with Crippen LogP contribution in [0.5, 0.6) is 0 Å². The Hall–Kier alpha value is -3.00. The molecular formula is C15H13N7S. The topological polar surface area (TPSA) is 84.3 Å². The molecule has 4 rings (SSSR count). The number of nitrogens with one attached hydrogen (secondary N) is 2. The maximum Gasteiger partial charge on any atom is 0.189 e. The maximum absolute atomic E-state index is 4.57. The van der Waals surface area contributed by atoms with Crippen LogP contribution in [-0.4, -0.2) is 29.7 Å². The molecule has 0 bridgehead atoms. The number of anilines is 2. The lowest BCUT2D eigenvalue weighted by Crippen LogP contribution is -1.94. The summed E-state index contributed by atoms with van der Waals surface area (Å²) >= 11 is 1.59. The highest BCUT2D eigenvalue weighted by Crippen LogP contribution is 2.34. The SMILES string of the molecule is Cc1nc(Nc2ccn[nH]2)sc1-c1ccnc(-n2ccnc2)c1. The highest BCUT2D eigenvalue weighted by molar-refractivity contribution is 7.19. The molecule has 0 aliphatic heterocycles. The molecule has 0 fully saturated rings. The van der Waals surface area contributed by atoms with E-state index < -0.39 is 0 Å². The van der Waals surface area contributed by atoms with Crippen molar-refractivity contribution in [3.63, 3.8) is 0 Å². The number of aryl methyl sites for hydroxylation is 1. The summed E-state index contributed by atoms with van der Waals surface area (Å²) in [5.74, 6) is 1.65. The number of pyridine rings is 1. The number of nitrogens with zero attached hydrogens (tertiary/aromatic N) is 5. The van der Waals surface area contributed by atoms with Gasteiger partial charge in [-0.2, -0.15) is 5.10 Å². The normalized spacial score (nSPS) is 10.8. The van der Waals surface area contributed by atoms with E-state index in [1.54, 1.807) is 36.3 Å². The molecule has 0 saturated heterocycles. The Morgan fingerprint density at radius 3 is 2.96 bits per heavy atom. The fraction of sp³-hybridized carbons (Fsp3) is 0.0667. The van der Waals surface area contributed by atoms with Crippen LogP contribution >= 0.6 is 11.3 Å². The van der Waals surface area contributed by atoms with Crippen LogP contribution in [0, 0.1) is 6.92 Å². The number of thiazole rings is 1. The second-order valence-corrected chi connectivity index (χ2v) is 5.90. The van der Waals surface area contributed by atoms with Crippen LogP contribution in [0.25, 0.3) is 16.3 Å². The Balaban J connectivity index is 1.68. The van der Waals surface area contributed by atoms with Crippen molar-refractivity contribution in [2.24, 2.45) is 0 Å². The molecule has 8 heteroatoms. The zero-order valence-electron chi connectivity index (χ0n) is 12.3. The van der Waals surface area contributed by atoms with Gasteiger partial charge in [-0.25, -0.2) is 15.0 Å². The lowest BCUT2D eigenvalue weighted by molar-refractivity contribution is 0.994. The summed E-state index contributed by atoms with van der Waals surface area (Å²) in [5.41, 5.74) is 2.05. The minimum Gasteiger partial charge on any atom is -0.317 e. The lowest BCUT2D eigenvalue weighted by Gasteiger charge is -2.03. The Morgan fingerprint density at radius 2 is 2.17 bits per heavy atom. The van der Waals surface area contributed by atoms with Gasteiger partial charge in [0.15, 0.2) is 5.13 Å². The molecule has 2 N–H and O–H groups in total. The van der Waals surface area contributed by atoms with Gasteiger partial charge in [0.25, 0.3) is 0 Å². The molecule has 0 spiro atoms. The summed E-state index contributed by atoms with van der Waals surface area (Å²) in [6, 6.07) is 5.88.